The second-order valence-electron chi connectivity index (χ2n) is 8.19. The summed E-state index contributed by atoms with van der Waals surface area (Å²) in [6, 6.07) is 8.24. The number of hydrogen-bond acceptors (Lipinski definition) is 3. The molecule has 0 spiro atoms. The Balaban J connectivity index is 1.73. The molecule has 26 heavy (non-hydrogen) atoms. The highest BCUT2D eigenvalue weighted by molar-refractivity contribution is 7.16. The molecule has 1 heterocycles. The van der Waals surface area contributed by atoms with E-state index in [1.54, 1.807) is 11.3 Å². The van der Waals surface area contributed by atoms with Gasteiger partial charge in [0.15, 0.2) is 0 Å². The number of rotatable bonds is 5. The van der Waals surface area contributed by atoms with Gasteiger partial charge in [-0.1, -0.05) is 57.0 Å². The van der Waals surface area contributed by atoms with E-state index in [0.29, 0.717) is 22.9 Å². The number of fused-ring (bicyclic) bond motifs is 1. The average Bonchev–Trinajstić information content (AvgIpc) is 2.96. The van der Waals surface area contributed by atoms with Crippen LogP contribution >= 0.6 is 11.3 Å². The molecule has 3 rings (SSSR count). The lowest BCUT2D eigenvalue weighted by molar-refractivity contribution is 0.0950. The van der Waals surface area contributed by atoms with Gasteiger partial charge < -0.3 is 11.1 Å². The van der Waals surface area contributed by atoms with Crippen molar-refractivity contribution in [3.05, 3.63) is 51.4 Å². The van der Waals surface area contributed by atoms with Crippen LogP contribution in [-0.4, -0.2) is 5.91 Å². The Bertz CT molecular complexity index is 789. The van der Waals surface area contributed by atoms with Crippen molar-refractivity contribution in [1.29, 1.82) is 0 Å². The fraction of sp³-hybridized carbons (Fsp3) is 0.500. The Morgan fingerprint density at radius 3 is 2.65 bits per heavy atom. The first-order valence-corrected chi connectivity index (χ1v) is 10.4. The highest BCUT2D eigenvalue weighted by Crippen LogP contribution is 2.44. The topological polar surface area (TPSA) is 55.1 Å². The number of anilines is 1. The normalized spacial score (nSPS) is 17.0. The molecule has 140 valence electrons. The molecule has 1 amide bonds. The van der Waals surface area contributed by atoms with E-state index in [9.17, 15) is 4.79 Å². The Hall–Kier alpha value is -1.81. The van der Waals surface area contributed by atoms with Crippen molar-refractivity contribution in [3.8, 4) is 0 Å². The van der Waals surface area contributed by atoms with Crippen molar-refractivity contribution >= 4 is 22.2 Å². The standard InChI is InChI=1S/C22H30N2OS/c1-5-22(3,4)16-10-11-17-18(12-16)26-20(23)19(17)21(25)24-13-15-8-6-14(2)7-9-15/h6-9,16H,5,10-13,23H2,1-4H3,(H,24,25). The average molecular weight is 371 g/mol. The third kappa shape index (κ3) is 3.80. The van der Waals surface area contributed by atoms with Crippen LogP contribution in [-0.2, 0) is 19.4 Å². The Labute approximate surface area is 161 Å². The minimum Gasteiger partial charge on any atom is -0.390 e. The summed E-state index contributed by atoms with van der Waals surface area (Å²) in [6.07, 6.45) is 4.33. The van der Waals surface area contributed by atoms with Crippen LogP contribution in [0.4, 0.5) is 5.00 Å². The quantitative estimate of drug-likeness (QED) is 0.768. The van der Waals surface area contributed by atoms with E-state index in [1.807, 2.05) is 0 Å². The summed E-state index contributed by atoms with van der Waals surface area (Å²) >= 11 is 1.62. The van der Waals surface area contributed by atoms with E-state index in [4.69, 9.17) is 5.73 Å². The van der Waals surface area contributed by atoms with Gasteiger partial charge in [-0.05, 0) is 48.6 Å². The van der Waals surface area contributed by atoms with E-state index in [-0.39, 0.29) is 5.91 Å². The lowest BCUT2D eigenvalue weighted by Gasteiger charge is -2.36. The molecule has 0 radical (unpaired) electrons. The predicted octanol–water partition coefficient (Wildman–Crippen LogP) is 5.11. The molecular formula is C22H30N2OS. The SMILES string of the molecule is CCC(C)(C)C1CCc2c(sc(N)c2C(=O)NCc2ccc(C)cc2)C1. The van der Waals surface area contributed by atoms with Gasteiger partial charge in [0.25, 0.3) is 5.91 Å². The number of nitrogens with two attached hydrogens (primary N) is 1. The zero-order valence-electron chi connectivity index (χ0n) is 16.3. The second kappa shape index (κ2) is 7.43. The van der Waals surface area contributed by atoms with Crippen LogP contribution < -0.4 is 11.1 Å². The summed E-state index contributed by atoms with van der Waals surface area (Å²) in [4.78, 5) is 14.1. The fourth-order valence-corrected chi connectivity index (χ4v) is 4.98. The van der Waals surface area contributed by atoms with E-state index >= 15 is 0 Å². The molecule has 1 aliphatic rings. The van der Waals surface area contributed by atoms with Gasteiger partial charge in [0.2, 0.25) is 0 Å². The van der Waals surface area contributed by atoms with Gasteiger partial charge in [0.05, 0.1) is 10.6 Å². The lowest BCUT2D eigenvalue weighted by Crippen LogP contribution is -2.29. The smallest absolute Gasteiger partial charge is 0.254 e. The van der Waals surface area contributed by atoms with Crippen molar-refractivity contribution in [2.45, 2.75) is 59.9 Å². The number of carbonyl (C=O) groups is 1. The van der Waals surface area contributed by atoms with Gasteiger partial charge in [-0.3, -0.25) is 4.79 Å². The second-order valence-corrected chi connectivity index (χ2v) is 9.33. The van der Waals surface area contributed by atoms with Crippen LogP contribution in [0.15, 0.2) is 24.3 Å². The molecule has 4 heteroatoms. The minimum absolute atomic E-state index is 0.0335. The molecule has 0 saturated heterocycles. The molecule has 1 aliphatic carbocycles. The van der Waals surface area contributed by atoms with Gasteiger partial charge in [0.1, 0.15) is 0 Å². The van der Waals surface area contributed by atoms with E-state index in [0.717, 1.165) is 30.4 Å². The summed E-state index contributed by atoms with van der Waals surface area (Å²) in [5, 5.41) is 3.72. The Morgan fingerprint density at radius 1 is 1.31 bits per heavy atom. The monoisotopic (exact) mass is 370 g/mol. The number of aryl methyl sites for hydroxylation is 1. The molecule has 0 bridgehead atoms. The Morgan fingerprint density at radius 2 is 2.00 bits per heavy atom. The zero-order valence-corrected chi connectivity index (χ0v) is 17.1. The predicted molar refractivity (Wildman–Crippen MR) is 111 cm³/mol. The fourth-order valence-electron chi connectivity index (χ4n) is 3.79. The van der Waals surface area contributed by atoms with Gasteiger partial charge in [-0.2, -0.15) is 0 Å². The summed E-state index contributed by atoms with van der Waals surface area (Å²) in [6.45, 7) is 9.58. The molecule has 3 nitrogen and oxygen atoms in total. The molecule has 1 aromatic carbocycles. The molecule has 0 fully saturated rings. The molecule has 1 atom stereocenters. The van der Waals surface area contributed by atoms with Crippen LogP contribution in [0.2, 0.25) is 0 Å². The highest BCUT2D eigenvalue weighted by Gasteiger charge is 2.34. The maximum absolute atomic E-state index is 12.8. The van der Waals surface area contributed by atoms with E-state index in [2.05, 4.69) is 57.3 Å². The highest BCUT2D eigenvalue weighted by atomic mass is 32.1. The van der Waals surface area contributed by atoms with Gasteiger partial charge in [-0.15, -0.1) is 11.3 Å². The first kappa shape index (κ1) is 19.0. The van der Waals surface area contributed by atoms with Crippen molar-refractivity contribution in [2.75, 3.05) is 5.73 Å². The summed E-state index contributed by atoms with van der Waals surface area (Å²) in [7, 11) is 0. The number of nitrogens with one attached hydrogen (secondary N) is 1. The van der Waals surface area contributed by atoms with Crippen LogP contribution in [0.3, 0.4) is 0 Å². The van der Waals surface area contributed by atoms with Gasteiger partial charge >= 0.3 is 0 Å². The maximum Gasteiger partial charge on any atom is 0.254 e. The number of benzene rings is 1. The Kier molecular flexibility index (Phi) is 5.42. The van der Waals surface area contributed by atoms with Crippen molar-refractivity contribution in [1.82, 2.24) is 5.32 Å². The number of thiophene rings is 1. The largest absolute Gasteiger partial charge is 0.390 e. The van der Waals surface area contributed by atoms with E-state index in [1.165, 1.54) is 22.4 Å². The first-order valence-electron chi connectivity index (χ1n) is 9.55. The molecule has 2 aromatic rings. The van der Waals surface area contributed by atoms with Crippen LogP contribution in [0.1, 0.15) is 65.5 Å². The molecule has 1 aromatic heterocycles. The molecule has 1 unspecified atom stereocenters. The number of nitrogen functional groups attached to an aromatic ring is 1. The van der Waals surface area contributed by atoms with Crippen LogP contribution in [0.5, 0.6) is 0 Å². The van der Waals surface area contributed by atoms with Gasteiger partial charge in [0, 0.05) is 11.4 Å². The van der Waals surface area contributed by atoms with Crippen LogP contribution in [0, 0.1) is 18.3 Å². The third-order valence-electron chi connectivity index (χ3n) is 6.11. The zero-order chi connectivity index (χ0) is 18.9. The molecule has 0 saturated carbocycles. The summed E-state index contributed by atoms with van der Waals surface area (Å²) in [5.41, 5.74) is 10.8. The molecule has 3 N–H and O–H groups in total. The number of carbonyl (C=O) groups excluding carboxylic acids is 1. The van der Waals surface area contributed by atoms with Crippen molar-refractivity contribution < 1.29 is 4.79 Å². The summed E-state index contributed by atoms with van der Waals surface area (Å²) < 4.78 is 0. The number of hydrogen-bond donors (Lipinski definition) is 2. The maximum atomic E-state index is 12.8. The van der Waals surface area contributed by atoms with Crippen molar-refractivity contribution in [2.24, 2.45) is 11.3 Å². The molecule has 0 aliphatic heterocycles. The lowest BCUT2D eigenvalue weighted by atomic mass is 9.69. The minimum atomic E-state index is -0.0335. The van der Waals surface area contributed by atoms with Gasteiger partial charge in [-0.25, -0.2) is 0 Å². The van der Waals surface area contributed by atoms with Crippen molar-refractivity contribution in [3.63, 3.8) is 0 Å². The van der Waals surface area contributed by atoms with E-state index < -0.39 is 0 Å². The summed E-state index contributed by atoms with van der Waals surface area (Å²) in [5.74, 6) is 0.635. The first-order chi connectivity index (χ1) is 12.3. The third-order valence-corrected chi connectivity index (χ3v) is 7.19. The number of amides is 1. The molecular weight excluding hydrogens is 340 g/mol. The van der Waals surface area contributed by atoms with Crippen LogP contribution in [0.25, 0.3) is 0 Å².